The van der Waals surface area contributed by atoms with E-state index in [9.17, 15) is 8.42 Å². The Morgan fingerprint density at radius 2 is 1.89 bits per heavy atom. The van der Waals surface area contributed by atoms with Crippen molar-refractivity contribution in [3.8, 4) is 6.07 Å². The predicted molar refractivity (Wildman–Crippen MR) is 72.6 cm³/mol. The van der Waals surface area contributed by atoms with Gasteiger partial charge in [0.1, 0.15) is 6.07 Å². The molecule has 0 spiro atoms. The first-order valence-corrected chi connectivity index (χ1v) is 7.07. The maximum absolute atomic E-state index is 12.3. The van der Waals surface area contributed by atoms with Crippen LogP contribution >= 0.6 is 0 Å². The minimum Gasteiger partial charge on any atom is -0.351 e. The van der Waals surface area contributed by atoms with Crippen LogP contribution in [-0.2, 0) is 16.9 Å². The number of hydrogen-bond donors (Lipinski definition) is 0. The zero-order valence-corrected chi connectivity index (χ0v) is 11.1. The van der Waals surface area contributed by atoms with Gasteiger partial charge in [0.25, 0.3) is 0 Å². The molecule has 0 saturated carbocycles. The Bertz CT molecular complexity index is 750. The van der Waals surface area contributed by atoms with Crippen molar-refractivity contribution in [3.05, 3.63) is 59.3 Å². The van der Waals surface area contributed by atoms with Gasteiger partial charge in [0.15, 0.2) is 4.91 Å². The number of nitriles is 1. The van der Waals surface area contributed by atoms with Gasteiger partial charge in [0, 0.05) is 18.9 Å². The standard InChI is InChI=1S/C14H12N2O2S/c1-16-9-5-6-12(16)10-14(11-15)19(17,18)13-7-3-2-4-8-13/h2-10H,1H3/b14-10+. The molecule has 1 aromatic carbocycles. The molecular weight excluding hydrogens is 260 g/mol. The fraction of sp³-hybridized carbons (Fsp3) is 0.0714. The highest BCUT2D eigenvalue weighted by molar-refractivity contribution is 7.95. The third-order valence-electron chi connectivity index (χ3n) is 2.72. The number of benzene rings is 1. The Kier molecular flexibility index (Phi) is 3.54. The van der Waals surface area contributed by atoms with Gasteiger partial charge in [-0.1, -0.05) is 18.2 Å². The molecule has 2 aromatic rings. The smallest absolute Gasteiger partial charge is 0.216 e. The van der Waals surface area contributed by atoms with Gasteiger partial charge in [-0.05, 0) is 30.3 Å². The Balaban J connectivity index is 2.53. The van der Waals surface area contributed by atoms with Crippen molar-refractivity contribution in [3.63, 3.8) is 0 Å². The first kappa shape index (κ1) is 13.1. The minimum atomic E-state index is -3.76. The highest BCUT2D eigenvalue weighted by Gasteiger charge is 2.20. The summed E-state index contributed by atoms with van der Waals surface area (Å²) in [6.45, 7) is 0. The van der Waals surface area contributed by atoms with Crippen LogP contribution in [0.2, 0.25) is 0 Å². The van der Waals surface area contributed by atoms with E-state index in [2.05, 4.69) is 0 Å². The van der Waals surface area contributed by atoms with Crippen LogP contribution in [0.15, 0.2) is 58.5 Å². The Morgan fingerprint density at radius 3 is 2.42 bits per heavy atom. The number of hydrogen-bond acceptors (Lipinski definition) is 3. The van der Waals surface area contributed by atoms with Crippen molar-refractivity contribution in [1.29, 1.82) is 5.26 Å². The van der Waals surface area contributed by atoms with Crippen molar-refractivity contribution in [1.82, 2.24) is 4.57 Å². The lowest BCUT2D eigenvalue weighted by Gasteiger charge is -2.03. The molecular formula is C14H12N2O2S. The molecule has 0 N–H and O–H groups in total. The summed E-state index contributed by atoms with van der Waals surface area (Å²) in [7, 11) is -1.97. The first-order chi connectivity index (χ1) is 9.05. The van der Waals surface area contributed by atoms with Gasteiger partial charge in [0.05, 0.1) is 4.90 Å². The number of nitrogens with zero attached hydrogens (tertiary/aromatic N) is 2. The lowest BCUT2D eigenvalue weighted by molar-refractivity contribution is 0.603. The van der Waals surface area contributed by atoms with Gasteiger partial charge in [-0.25, -0.2) is 8.42 Å². The predicted octanol–water partition coefficient (Wildman–Crippen LogP) is 2.36. The molecule has 0 amide bonds. The molecule has 2 rings (SSSR count). The van der Waals surface area contributed by atoms with Gasteiger partial charge < -0.3 is 4.57 Å². The van der Waals surface area contributed by atoms with Crippen LogP contribution in [0.4, 0.5) is 0 Å². The maximum atomic E-state index is 12.3. The molecule has 0 radical (unpaired) electrons. The molecule has 0 aliphatic carbocycles. The number of sulfone groups is 1. The summed E-state index contributed by atoms with van der Waals surface area (Å²) >= 11 is 0. The van der Waals surface area contributed by atoms with E-state index >= 15 is 0 Å². The second-order valence-electron chi connectivity index (χ2n) is 3.98. The van der Waals surface area contributed by atoms with E-state index in [1.54, 1.807) is 54.2 Å². The van der Waals surface area contributed by atoms with E-state index in [1.165, 1.54) is 18.2 Å². The summed E-state index contributed by atoms with van der Waals surface area (Å²) in [6, 6.07) is 13.2. The molecule has 0 aliphatic rings. The molecule has 19 heavy (non-hydrogen) atoms. The number of rotatable bonds is 3. The number of aromatic nitrogens is 1. The van der Waals surface area contributed by atoms with Crippen LogP contribution in [-0.4, -0.2) is 13.0 Å². The molecule has 5 heteroatoms. The van der Waals surface area contributed by atoms with Crippen LogP contribution in [0.25, 0.3) is 6.08 Å². The van der Waals surface area contributed by atoms with Gasteiger partial charge in [-0.3, -0.25) is 0 Å². The molecule has 0 unspecified atom stereocenters. The van der Waals surface area contributed by atoms with Gasteiger partial charge in [-0.2, -0.15) is 5.26 Å². The van der Waals surface area contributed by atoms with Crippen molar-refractivity contribution in [2.75, 3.05) is 0 Å². The lowest BCUT2D eigenvalue weighted by Crippen LogP contribution is -2.04. The molecule has 0 aliphatic heterocycles. The van der Waals surface area contributed by atoms with Crippen LogP contribution in [0.3, 0.4) is 0 Å². The topological polar surface area (TPSA) is 62.9 Å². The Hall–Kier alpha value is -2.32. The summed E-state index contributed by atoms with van der Waals surface area (Å²) in [5.41, 5.74) is 0.663. The fourth-order valence-electron chi connectivity index (χ4n) is 1.66. The summed E-state index contributed by atoms with van der Waals surface area (Å²) in [5.74, 6) is 0. The molecule has 1 aromatic heterocycles. The zero-order chi connectivity index (χ0) is 13.9. The van der Waals surface area contributed by atoms with E-state index in [-0.39, 0.29) is 9.80 Å². The lowest BCUT2D eigenvalue weighted by atomic mass is 10.4. The normalized spacial score (nSPS) is 12.1. The average molecular weight is 272 g/mol. The van der Waals surface area contributed by atoms with Crippen molar-refractivity contribution in [2.45, 2.75) is 4.90 Å². The SMILES string of the molecule is Cn1cccc1/C=C(\C#N)S(=O)(=O)c1ccccc1. The monoisotopic (exact) mass is 272 g/mol. The van der Waals surface area contributed by atoms with Crippen LogP contribution in [0.5, 0.6) is 0 Å². The van der Waals surface area contributed by atoms with Gasteiger partial charge in [-0.15, -0.1) is 0 Å². The second kappa shape index (κ2) is 5.12. The summed E-state index contributed by atoms with van der Waals surface area (Å²) in [6.07, 6.45) is 3.16. The van der Waals surface area contributed by atoms with Crippen LogP contribution < -0.4 is 0 Å². The maximum Gasteiger partial charge on any atom is 0.216 e. The summed E-state index contributed by atoms with van der Waals surface area (Å²) < 4.78 is 26.3. The van der Waals surface area contributed by atoms with Crippen LogP contribution in [0, 0.1) is 11.3 Å². The third-order valence-corrected chi connectivity index (χ3v) is 4.40. The molecule has 0 fully saturated rings. The van der Waals surface area contributed by atoms with Gasteiger partial charge in [0.2, 0.25) is 9.84 Å². The fourth-order valence-corrected chi connectivity index (χ4v) is 2.82. The second-order valence-corrected chi connectivity index (χ2v) is 5.90. The van der Waals surface area contributed by atoms with E-state index in [0.717, 1.165) is 0 Å². The molecule has 0 bridgehead atoms. The van der Waals surface area contributed by atoms with Crippen LogP contribution in [0.1, 0.15) is 5.69 Å². The van der Waals surface area contributed by atoms with Crippen molar-refractivity contribution < 1.29 is 8.42 Å². The highest BCUT2D eigenvalue weighted by Crippen LogP contribution is 2.20. The third kappa shape index (κ3) is 2.59. The van der Waals surface area contributed by atoms with E-state index in [1.807, 2.05) is 0 Å². The largest absolute Gasteiger partial charge is 0.351 e. The Morgan fingerprint density at radius 1 is 1.21 bits per heavy atom. The summed E-state index contributed by atoms with van der Waals surface area (Å²) in [4.78, 5) is -0.141. The quantitative estimate of drug-likeness (QED) is 0.806. The minimum absolute atomic E-state index is 0.122. The van der Waals surface area contributed by atoms with E-state index in [0.29, 0.717) is 5.69 Å². The molecule has 4 nitrogen and oxygen atoms in total. The molecule has 0 saturated heterocycles. The van der Waals surface area contributed by atoms with Crippen molar-refractivity contribution >= 4 is 15.9 Å². The molecule has 0 atom stereocenters. The molecule has 1 heterocycles. The zero-order valence-electron chi connectivity index (χ0n) is 10.3. The highest BCUT2D eigenvalue weighted by atomic mass is 32.2. The number of allylic oxidation sites excluding steroid dienone is 1. The van der Waals surface area contributed by atoms with Crippen molar-refractivity contribution in [2.24, 2.45) is 7.05 Å². The number of aryl methyl sites for hydroxylation is 1. The van der Waals surface area contributed by atoms with Gasteiger partial charge >= 0.3 is 0 Å². The Labute approximate surface area is 112 Å². The van der Waals surface area contributed by atoms with E-state index in [4.69, 9.17) is 5.26 Å². The summed E-state index contributed by atoms with van der Waals surface area (Å²) in [5, 5.41) is 9.11. The average Bonchev–Trinajstić information content (AvgIpc) is 2.82. The first-order valence-electron chi connectivity index (χ1n) is 5.59. The molecule has 96 valence electrons. The van der Waals surface area contributed by atoms with E-state index < -0.39 is 9.84 Å².